The molecule has 14 heavy (non-hydrogen) atoms. The van der Waals surface area contributed by atoms with Crippen molar-refractivity contribution in [3.05, 3.63) is 47.9 Å². The molecule has 0 N–H and O–H groups in total. The number of hydrogen-bond donors (Lipinski definition) is 0. The van der Waals surface area contributed by atoms with Crippen LogP contribution in [-0.2, 0) is 4.74 Å². The summed E-state index contributed by atoms with van der Waals surface area (Å²) in [5.74, 6) is 0. The Morgan fingerprint density at radius 2 is 2.14 bits per heavy atom. The standard InChI is InChI=1S/C12H15NO/c1-3-13-8-9-14-12(13)11-7-5-4-6-10(11)2/h4-9,12H,3H2,1-2H3. The van der Waals surface area contributed by atoms with Crippen molar-refractivity contribution < 1.29 is 4.74 Å². The third kappa shape index (κ3) is 1.48. The van der Waals surface area contributed by atoms with Gasteiger partial charge in [-0.15, -0.1) is 0 Å². The first-order valence-electron chi connectivity index (χ1n) is 4.96. The first-order valence-corrected chi connectivity index (χ1v) is 4.96. The van der Waals surface area contributed by atoms with E-state index in [9.17, 15) is 0 Å². The molecule has 0 saturated carbocycles. The van der Waals surface area contributed by atoms with Crippen molar-refractivity contribution in [2.45, 2.75) is 20.1 Å². The highest BCUT2D eigenvalue weighted by Crippen LogP contribution is 2.28. The molecule has 0 fully saturated rings. The van der Waals surface area contributed by atoms with E-state index in [1.807, 2.05) is 6.20 Å². The molecular formula is C12H15NO. The quantitative estimate of drug-likeness (QED) is 0.709. The summed E-state index contributed by atoms with van der Waals surface area (Å²) in [7, 11) is 0. The van der Waals surface area contributed by atoms with Crippen LogP contribution in [0.5, 0.6) is 0 Å². The minimum atomic E-state index is 0.0706. The maximum absolute atomic E-state index is 5.57. The third-order valence-corrected chi connectivity index (χ3v) is 2.58. The van der Waals surface area contributed by atoms with E-state index >= 15 is 0 Å². The summed E-state index contributed by atoms with van der Waals surface area (Å²) in [6, 6.07) is 8.34. The summed E-state index contributed by atoms with van der Waals surface area (Å²) in [5, 5.41) is 0. The zero-order valence-corrected chi connectivity index (χ0v) is 8.60. The van der Waals surface area contributed by atoms with Crippen LogP contribution in [-0.4, -0.2) is 11.4 Å². The van der Waals surface area contributed by atoms with Crippen LogP contribution in [0.25, 0.3) is 0 Å². The van der Waals surface area contributed by atoms with E-state index in [0.29, 0.717) is 0 Å². The molecule has 1 heterocycles. The van der Waals surface area contributed by atoms with Crippen molar-refractivity contribution in [1.29, 1.82) is 0 Å². The fourth-order valence-electron chi connectivity index (χ4n) is 1.73. The normalized spacial score (nSPS) is 19.9. The molecule has 0 radical (unpaired) electrons. The fraction of sp³-hybridized carbons (Fsp3) is 0.333. The molecule has 0 saturated heterocycles. The van der Waals surface area contributed by atoms with E-state index in [4.69, 9.17) is 4.74 Å². The molecule has 0 aliphatic carbocycles. The second kappa shape index (κ2) is 3.74. The molecule has 1 unspecified atom stereocenters. The largest absolute Gasteiger partial charge is 0.472 e. The highest BCUT2D eigenvalue weighted by atomic mass is 16.5. The third-order valence-electron chi connectivity index (χ3n) is 2.58. The molecule has 1 aromatic rings. The van der Waals surface area contributed by atoms with Crippen molar-refractivity contribution in [3.8, 4) is 0 Å². The molecule has 0 bridgehead atoms. The Morgan fingerprint density at radius 3 is 2.86 bits per heavy atom. The smallest absolute Gasteiger partial charge is 0.197 e. The summed E-state index contributed by atoms with van der Waals surface area (Å²) in [6.45, 7) is 5.21. The van der Waals surface area contributed by atoms with Crippen LogP contribution in [0.15, 0.2) is 36.7 Å². The molecular weight excluding hydrogens is 174 g/mol. The van der Waals surface area contributed by atoms with Crippen LogP contribution in [0, 0.1) is 6.92 Å². The van der Waals surface area contributed by atoms with Crippen LogP contribution in [0.2, 0.25) is 0 Å². The first kappa shape index (κ1) is 9.13. The van der Waals surface area contributed by atoms with Gasteiger partial charge in [0.1, 0.15) is 6.26 Å². The second-order valence-corrected chi connectivity index (χ2v) is 3.46. The molecule has 1 aromatic carbocycles. The molecule has 0 spiro atoms. The Labute approximate surface area is 84.8 Å². The molecule has 2 nitrogen and oxygen atoms in total. The van der Waals surface area contributed by atoms with Crippen LogP contribution in [0.4, 0.5) is 0 Å². The van der Waals surface area contributed by atoms with Crippen molar-refractivity contribution in [1.82, 2.24) is 4.90 Å². The number of ether oxygens (including phenoxy) is 1. The van der Waals surface area contributed by atoms with Gasteiger partial charge in [0.15, 0.2) is 6.23 Å². The highest BCUT2D eigenvalue weighted by molar-refractivity contribution is 5.28. The van der Waals surface area contributed by atoms with Crippen LogP contribution >= 0.6 is 0 Å². The van der Waals surface area contributed by atoms with Crippen molar-refractivity contribution in [2.75, 3.05) is 6.54 Å². The summed E-state index contributed by atoms with van der Waals surface area (Å²) >= 11 is 0. The topological polar surface area (TPSA) is 12.5 Å². The molecule has 0 amide bonds. The number of rotatable bonds is 2. The molecule has 2 heteroatoms. The number of nitrogens with zero attached hydrogens (tertiary/aromatic N) is 1. The van der Waals surface area contributed by atoms with Crippen LogP contribution in [0.3, 0.4) is 0 Å². The lowest BCUT2D eigenvalue weighted by Gasteiger charge is -2.24. The van der Waals surface area contributed by atoms with Gasteiger partial charge in [-0.1, -0.05) is 24.3 Å². The predicted octanol–water partition coefficient (Wildman–Crippen LogP) is 2.82. The molecule has 74 valence electrons. The fourth-order valence-corrected chi connectivity index (χ4v) is 1.73. The average Bonchev–Trinajstić information content (AvgIpc) is 2.66. The Hall–Kier alpha value is -1.44. The molecule has 1 atom stereocenters. The van der Waals surface area contributed by atoms with Crippen LogP contribution in [0.1, 0.15) is 24.3 Å². The zero-order chi connectivity index (χ0) is 9.97. The van der Waals surface area contributed by atoms with Gasteiger partial charge >= 0.3 is 0 Å². The van der Waals surface area contributed by atoms with E-state index in [1.165, 1.54) is 11.1 Å². The molecule has 2 rings (SSSR count). The second-order valence-electron chi connectivity index (χ2n) is 3.46. The Morgan fingerprint density at radius 1 is 1.36 bits per heavy atom. The highest BCUT2D eigenvalue weighted by Gasteiger charge is 2.22. The van der Waals surface area contributed by atoms with E-state index in [0.717, 1.165) is 6.54 Å². The van der Waals surface area contributed by atoms with Gasteiger partial charge in [0.25, 0.3) is 0 Å². The predicted molar refractivity (Wildman–Crippen MR) is 56.5 cm³/mol. The lowest BCUT2D eigenvalue weighted by atomic mass is 10.1. The van der Waals surface area contributed by atoms with E-state index < -0.39 is 0 Å². The van der Waals surface area contributed by atoms with Gasteiger partial charge in [-0.05, 0) is 19.4 Å². The maximum Gasteiger partial charge on any atom is 0.197 e. The number of hydrogen-bond acceptors (Lipinski definition) is 2. The Bertz CT molecular complexity index is 346. The average molecular weight is 189 g/mol. The van der Waals surface area contributed by atoms with Gasteiger partial charge in [0, 0.05) is 18.3 Å². The minimum absolute atomic E-state index is 0.0706. The van der Waals surface area contributed by atoms with Gasteiger partial charge in [-0.25, -0.2) is 0 Å². The van der Waals surface area contributed by atoms with Gasteiger partial charge < -0.3 is 9.64 Å². The van der Waals surface area contributed by atoms with Crippen molar-refractivity contribution in [2.24, 2.45) is 0 Å². The molecule has 1 aliphatic heterocycles. The maximum atomic E-state index is 5.57. The summed E-state index contributed by atoms with van der Waals surface area (Å²) < 4.78 is 5.57. The lowest BCUT2D eigenvalue weighted by molar-refractivity contribution is 0.0597. The number of benzene rings is 1. The van der Waals surface area contributed by atoms with E-state index in [-0.39, 0.29) is 6.23 Å². The monoisotopic (exact) mass is 189 g/mol. The summed E-state index contributed by atoms with van der Waals surface area (Å²) in [4.78, 5) is 2.18. The van der Waals surface area contributed by atoms with Gasteiger partial charge in [0.05, 0.1) is 0 Å². The van der Waals surface area contributed by atoms with Gasteiger partial charge in [-0.2, -0.15) is 0 Å². The van der Waals surface area contributed by atoms with Crippen molar-refractivity contribution in [3.63, 3.8) is 0 Å². The van der Waals surface area contributed by atoms with Crippen molar-refractivity contribution >= 4 is 0 Å². The zero-order valence-electron chi connectivity index (χ0n) is 8.60. The lowest BCUT2D eigenvalue weighted by Crippen LogP contribution is -2.20. The summed E-state index contributed by atoms with van der Waals surface area (Å²) in [5.41, 5.74) is 2.53. The Balaban J connectivity index is 2.27. The summed E-state index contributed by atoms with van der Waals surface area (Å²) in [6.07, 6.45) is 3.83. The number of aryl methyl sites for hydroxylation is 1. The van der Waals surface area contributed by atoms with E-state index in [1.54, 1.807) is 6.26 Å². The molecule has 1 aliphatic rings. The van der Waals surface area contributed by atoms with Crippen LogP contribution < -0.4 is 0 Å². The van der Waals surface area contributed by atoms with E-state index in [2.05, 4.69) is 43.0 Å². The minimum Gasteiger partial charge on any atom is -0.472 e. The Kier molecular flexibility index (Phi) is 2.44. The first-order chi connectivity index (χ1) is 6.83. The van der Waals surface area contributed by atoms with Gasteiger partial charge in [-0.3, -0.25) is 0 Å². The SMILES string of the molecule is CCN1C=COC1c1ccccc1C. The molecule has 0 aromatic heterocycles. The van der Waals surface area contributed by atoms with Gasteiger partial charge in [0.2, 0.25) is 0 Å².